The van der Waals surface area contributed by atoms with Crippen molar-refractivity contribution < 1.29 is 9.21 Å². The molecule has 0 saturated heterocycles. The molecular weight excluding hydrogens is 264 g/mol. The predicted octanol–water partition coefficient (Wildman–Crippen LogP) is 3.52. The Morgan fingerprint density at radius 2 is 1.76 bits per heavy atom. The van der Waals surface area contributed by atoms with Crippen LogP contribution >= 0.6 is 0 Å². The Balaban J connectivity index is 1.93. The lowest BCUT2D eigenvalue weighted by Crippen LogP contribution is -2.30. The van der Waals surface area contributed by atoms with E-state index in [2.05, 4.69) is 4.98 Å². The van der Waals surface area contributed by atoms with E-state index in [1.54, 1.807) is 29.4 Å². The van der Waals surface area contributed by atoms with E-state index in [0.717, 1.165) is 11.3 Å². The molecule has 21 heavy (non-hydrogen) atoms. The molecule has 0 unspecified atom stereocenters. The van der Waals surface area contributed by atoms with Crippen molar-refractivity contribution in [2.24, 2.45) is 0 Å². The molecule has 0 bridgehead atoms. The number of carbonyl (C=O) groups is 1. The fourth-order valence-corrected chi connectivity index (χ4v) is 2.09. The third-order valence-corrected chi connectivity index (χ3v) is 3.14. The Morgan fingerprint density at radius 1 is 1.00 bits per heavy atom. The van der Waals surface area contributed by atoms with Crippen LogP contribution in [0.3, 0.4) is 0 Å². The molecule has 1 amide bonds. The van der Waals surface area contributed by atoms with Crippen LogP contribution in [0.1, 0.15) is 16.1 Å². The number of para-hydroxylation sites is 1. The maximum atomic E-state index is 12.6. The number of hydrogen-bond donors (Lipinski definition) is 0. The van der Waals surface area contributed by atoms with Crippen LogP contribution in [0.4, 0.5) is 5.69 Å². The van der Waals surface area contributed by atoms with E-state index in [-0.39, 0.29) is 5.91 Å². The second kappa shape index (κ2) is 6.05. The number of benzene rings is 1. The van der Waals surface area contributed by atoms with Crippen molar-refractivity contribution in [1.29, 1.82) is 0 Å². The highest BCUT2D eigenvalue weighted by Crippen LogP contribution is 2.20. The average Bonchev–Trinajstić information content (AvgIpc) is 3.08. The van der Waals surface area contributed by atoms with E-state index in [0.29, 0.717) is 12.3 Å². The fraction of sp³-hybridized carbons (Fsp3) is 0.0588. The van der Waals surface area contributed by atoms with Gasteiger partial charge in [-0.1, -0.05) is 18.2 Å². The molecule has 104 valence electrons. The summed E-state index contributed by atoms with van der Waals surface area (Å²) in [5.74, 6) is 0.163. The molecule has 3 rings (SSSR count). The van der Waals surface area contributed by atoms with Gasteiger partial charge >= 0.3 is 0 Å². The van der Waals surface area contributed by atoms with Crippen molar-refractivity contribution >= 4 is 11.6 Å². The first kappa shape index (κ1) is 13.1. The van der Waals surface area contributed by atoms with E-state index in [1.165, 1.54) is 6.26 Å². The number of amides is 1. The minimum absolute atomic E-state index is 0.164. The van der Waals surface area contributed by atoms with Gasteiger partial charge in [-0.3, -0.25) is 9.78 Å². The highest BCUT2D eigenvalue weighted by molar-refractivity contribution is 6.04. The lowest BCUT2D eigenvalue weighted by molar-refractivity contribution is 0.0958. The molecule has 0 atom stereocenters. The molecule has 2 aromatic heterocycles. The van der Waals surface area contributed by atoms with Crippen LogP contribution < -0.4 is 4.90 Å². The highest BCUT2D eigenvalue weighted by Gasteiger charge is 2.20. The normalized spacial score (nSPS) is 10.3. The van der Waals surface area contributed by atoms with Gasteiger partial charge in [-0.2, -0.15) is 0 Å². The van der Waals surface area contributed by atoms with Gasteiger partial charge < -0.3 is 9.32 Å². The van der Waals surface area contributed by atoms with Crippen molar-refractivity contribution in [3.8, 4) is 0 Å². The van der Waals surface area contributed by atoms with Crippen LogP contribution in [-0.2, 0) is 6.54 Å². The fourth-order valence-electron chi connectivity index (χ4n) is 2.09. The van der Waals surface area contributed by atoms with Gasteiger partial charge in [0.05, 0.1) is 12.8 Å². The zero-order valence-corrected chi connectivity index (χ0v) is 11.3. The molecule has 0 aliphatic heterocycles. The van der Waals surface area contributed by atoms with Gasteiger partial charge in [-0.25, -0.2) is 0 Å². The van der Waals surface area contributed by atoms with E-state index < -0.39 is 0 Å². The van der Waals surface area contributed by atoms with E-state index >= 15 is 0 Å². The molecule has 3 aromatic rings. The summed E-state index contributed by atoms with van der Waals surface area (Å²) in [4.78, 5) is 18.3. The summed E-state index contributed by atoms with van der Waals surface area (Å²) < 4.78 is 5.23. The largest absolute Gasteiger partial charge is 0.459 e. The minimum Gasteiger partial charge on any atom is -0.459 e. The number of rotatable bonds is 4. The highest BCUT2D eigenvalue weighted by atomic mass is 16.3. The number of furan rings is 1. The van der Waals surface area contributed by atoms with E-state index in [4.69, 9.17) is 4.42 Å². The zero-order chi connectivity index (χ0) is 14.5. The molecule has 0 aliphatic carbocycles. The Labute approximate surface area is 122 Å². The summed E-state index contributed by atoms with van der Waals surface area (Å²) in [6, 6.07) is 16.7. The van der Waals surface area contributed by atoms with Gasteiger partial charge in [0.1, 0.15) is 0 Å². The van der Waals surface area contributed by atoms with Crippen molar-refractivity contribution in [2.45, 2.75) is 6.54 Å². The van der Waals surface area contributed by atoms with Gasteiger partial charge in [0, 0.05) is 18.1 Å². The van der Waals surface area contributed by atoms with Crippen LogP contribution in [0.5, 0.6) is 0 Å². The van der Waals surface area contributed by atoms with Crippen molar-refractivity contribution in [2.75, 3.05) is 4.90 Å². The maximum absolute atomic E-state index is 12.6. The molecule has 0 radical (unpaired) electrons. The van der Waals surface area contributed by atoms with Crippen LogP contribution in [0, 0.1) is 0 Å². The van der Waals surface area contributed by atoms with E-state index in [1.807, 2.05) is 42.5 Å². The molecule has 1 aromatic carbocycles. The number of aromatic nitrogens is 1. The Kier molecular flexibility index (Phi) is 3.78. The molecule has 4 nitrogen and oxygen atoms in total. The maximum Gasteiger partial charge on any atom is 0.294 e. The Morgan fingerprint density at radius 3 is 2.43 bits per heavy atom. The van der Waals surface area contributed by atoms with Crippen LogP contribution in [0.15, 0.2) is 77.7 Å². The molecule has 0 fully saturated rings. The summed E-state index contributed by atoms with van der Waals surface area (Å²) in [5, 5.41) is 0. The molecular formula is C17H14N2O2. The van der Waals surface area contributed by atoms with Crippen molar-refractivity contribution in [3.05, 3.63) is 84.6 Å². The molecule has 0 aliphatic rings. The first-order chi connectivity index (χ1) is 10.3. The summed E-state index contributed by atoms with van der Waals surface area (Å²) in [6.07, 6.45) is 4.94. The number of hydrogen-bond acceptors (Lipinski definition) is 3. The molecule has 0 saturated carbocycles. The monoisotopic (exact) mass is 278 g/mol. The van der Waals surface area contributed by atoms with Crippen LogP contribution in [0.25, 0.3) is 0 Å². The smallest absolute Gasteiger partial charge is 0.294 e. The first-order valence-electron chi connectivity index (χ1n) is 6.64. The number of pyridine rings is 1. The van der Waals surface area contributed by atoms with Crippen molar-refractivity contribution in [3.63, 3.8) is 0 Å². The lowest BCUT2D eigenvalue weighted by Gasteiger charge is -2.21. The number of carbonyl (C=O) groups excluding carboxylic acids is 1. The first-order valence-corrected chi connectivity index (χ1v) is 6.64. The topological polar surface area (TPSA) is 46.3 Å². The van der Waals surface area contributed by atoms with Gasteiger partial charge in [0.25, 0.3) is 5.91 Å². The third-order valence-electron chi connectivity index (χ3n) is 3.14. The lowest BCUT2D eigenvalue weighted by atomic mass is 10.2. The number of anilines is 1. The minimum atomic E-state index is -0.164. The Bertz CT molecular complexity index is 694. The second-order valence-electron chi connectivity index (χ2n) is 4.56. The summed E-state index contributed by atoms with van der Waals surface area (Å²) in [7, 11) is 0. The van der Waals surface area contributed by atoms with Gasteiger partial charge in [-0.05, 0) is 42.0 Å². The average molecular weight is 278 g/mol. The predicted molar refractivity (Wildman–Crippen MR) is 79.9 cm³/mol. The van der Waals surface area contributed by atoms with Crippen LogP contribution in [0.2, 0.25) is 0 Å². The molecule has 2 heterocycles. The zero-order valence-electron chi connectivity index (χ0n) is 11.3. The quantitative estimate of drug-likeness (QED) is 0.733. The van der Waals surface area contributed by atoms with E-state index in [9.17, 15) is 4.79 Å². The third kappa shape index (κ3) is 3.00. The summed E-state index contributed by atoms with van der Waals surface area (Å²) in [5.41, 5.74) is 1.84. The van der Waals surface area contributed by atoms with Gasteiger partial charge in [-0.15, -0.1) is 0 Å². The second-order valence-corrected chi connectivity index (χ2v) is 4.56. The van der Waals surface area contributed by atoms with Crippen LogP contribution in [-0.4, -0.2) is 10.9 Å². The number of nitrogens with zero attached hydrogens (tertiary/aromatic N) is 2. The molecule has 0 N–H and O–H groups in total. The van der Waals surface area contributed by atoms with Gasteiger partial charge in [0.15, 0.2) is 5.76 Å². The Hall–Kier alpha value is -2.88. The standard InChI is InChI=1S/C17H14N2O2/c20-17(16-7-4-12-21-16)19(15-5-2-1-3-6-15)13-14-8-10-18-11-9-14/h1-12H,13H2. The molecule has 4 heteroatoms. The summed E-state index contributed by atoms with van der Waals surface area (Å²) in [6.45, 7) is 0.464. The summed E-state index contributed by atoms with van der Waals surface area (Å²) >= 11 is 0. The van der Waals surface area contributed by atoms with Gasteiger partial charge in [0.2, 0.25) is 0 Å². The van der Waals surface area contributed by atoms with Crippen molar-refractivity contribution in [1.82, 2.24) is 4.98 Å². The molecule has 0 spiro atoms. The SMILES string of the molecule is O=C(c1ccco1)N(Cc1ccncc1)c1ccccc1.